The zero-order chi connectivity index (χ0) is 14.4. The molecule has 2 aromatic rings. The predicted octanol–water partition coefficient (Wildman–Crippen LogP) is 3.40. The van der Waals surface area contributed by atoms with Crippen molar-refractivity contribution < 1.29 is 13.9 Å². The van der Waals surface area contributed by atoms with E-state index in [1.807, 2.05) is 0 Å². The number of esters is 1. The van der Waals surface area contributed by atoms with Gasteiger partial charge in [-0.15, -0.1) is 0 Å². The zero-order valence-corrected chi connectivity index (χ0v) is 11.0. The van der Waals surface area contributed by atoms with Crippen LogP contribution < -0.4 is 0 Å². The van der Waals surface area contributed by atoms with E-state index in [2.05, 4.69) is 11.8 Å². The number of ether oxygens (including phenoxy) is 1. The Morgan fingerprint density at radius 2 is 1.80 bits per heavy atom. The monoisotopic (exact) mass is 268 g/mol. The minimum Gasteiger partial charge on any atom is -0.462 e. The molecule has 0 atom stereocenters. The third-order valence-electron chi connectivity index (χ3n) is 2.61. The highest BCUT2D eigenvalue weighted by molar-refractivity contribution is 5.92. The molecule has 3 heteroatoms. The molecule has 2 rings (SSSR count). The minimum absolute atomic E-state index is 0.303. The lowest BCUT2D eigenvalue weighted by Crippen LogP contribution is -2.06. The smallest absolute Gasteiger partial charge is 0.339 e. The Kier molecular flexibility index (Phi) is 4.52. The second-order valence-corrected chi connectivity index (χ2v) is 4.02. The van der Waals surface area contributed by atoms with E-state index in [-0.39, 0.29) is 5.82 Å². The first-order chi connectivity index (χ1) is 9.70. The maximum Gasteiger partial charge on any atom is 0.339 e. The van der Waals surface area contributed by atoms with E-state index >= 15 is 0 Å². The van der Waals surface area contributed by atoms with Crippen molar-refractivity contribution in [2.24, 2.45) is 0 Å². The van der Waals surface area contributed by atoms with E-state index in [1.165, 1.54) is 12.1 Å². The van der Waals surface area contributed by atoms with E-state index in [0.29, 0.717) is 23.3 Å². The number of carbonyl (C=O) groups is 1. The highest BCUT2D eigenvalue weighted by atomic mass is 19.1. The van der Waals surface area contributed by atoms with Crippen molar-refractivity contribution in [3.05, 3.63) is 71.0 Å². The third-order valence-corrected chi connectivity index (χ3v) is 2.61. The summed E-state index contributed by atoms with van der Waals surface area (Å²) in [4.78, 5) is 11.8. The first-order valence-electron chi connectivity index (χ1n) is 6.24. The van der Waals surface area contributed by atoms with Crippen molar-refractivity contribution in [3.8, 4) is 11.8 Å². The normalized spacial score (nSPS) is 9.50. The lowest BCUT2D eigenvalue weighted by Gasteiger charge is -2.03. The number of hydrogen-bond donors (Lipinski definition) is 0. The van der Waals surface area contributed by atoms with E-state index in [9.17, 15) is 9.18 Å². The number of rotatable bonds is 2. The van der Waals surface area contributed by atoms with Crippen LogP contribution >= 0.6 is 0 Å². The Bertz CT molecular complexity index is 663. The van der Waals surface area contributed by atoms with Gasteiger partial charge in [0.1, 0.15) is 5.82 Å². The first kappa shape index (κ1) is 13.8. The van der Waals surface area contributed by atoms with Gasteiger partial charge in [0, 0.05) is 11.1 Å². The van der Waals surface area contributed by atoms with Crippen LogP contribution in [0, 0.1) is 17.7 Å². The van der Waals surface area contributed by atoms with Crippen LogP contribution in [0.3, 0.4) is 0 Å². The summed E-state index contributed by atoms with van der Waals surface area (Å²) in [5.41, 5.74) is 1.71. The van der Waals surface area contributed by atoms with Gasteiger partial charge in [-0.05, 0) is 43.3 Å². The molecule has 100 valence electrons. The Balaban J connectivity index is 2.30. The fraction of sp³-hybridized carbons (Fsp3) is 0.118. The number of benzene rings is 2. The highest BCUT2D eigenvalue weighted by Gasteiger charge is 2.09. The summed E-state index contributed by atoms with van der Waals surface area (Å²) in [6, 6.07) is 12.9. The molecule has 0 unspecified atom stereocenters. The third kappa shape index (κ3) is 3.46. The lowest BCUT2D eigenvalue weighted by atomic mass is 10.1. The standard InChI is InChI=1S/C17H13FO2/c1-2-20-17(19)16-6-4-3-5-14(16)10-7-13-8-11-15(18)12-9-13/h3-6,8-9,11-12H,2H2,1H3. The van der Waals surface area contributed by atoms with E-state index in [0.717, 1.165) is 0 Å². The number of halogens is 1. The molecule has 0 aliphatic carbocycles. The van der Waals surface area contributed by atoms with Crippen molar-refractivity contribution in [1.29, 1.82) is 0 Å². The summed E-state index contributed by atoms with van der Waals surface area (Å²) in [7, 11) is 0. The molecule has 0 N–H and O–H groups in total. The molecule has 0 saturated heterocycles. The van der Waals surface area contributed by atoms with Gasteiger partial charge in [0.25, 0.3) is 0 Å². The van der Waals surface area contributed by atoms with Gasteiger partial charge in [0.15, 0.2) is 0 Å². The van der Waals surface area contributed by atoms with Crippen LogP contribution in [0.5, 0.6) is 0 Å². The predicted molar refractivity (Wildman–Crippen MR) is 74.8 cm³/mol. The van der Waals surface area contributed by atoms with Crippen LogP contribution in [0.25, 0.3) is 0 Å². The molecular weight excluding hydrogens is 255 g/mol. The summed E-state index contributed by atoms with van der Waals surface area (Å²) in [5.74, 6) is 5.12. The van der Waals surface area contributed by atoms with Gasteiger partial charge in [-0.2, -0.15) is 0 Å². The number of carbonyl (C=O) groups excluding carboxylic acids is 1. The van der Waals surface area contributed by atoms with Gasteiger partial charge in [-0.25, -0.2) is 9.18 Å². The Labute approximate surface area is 117 Å². The maximum absolute atomic E-state index is 12.8. The van der Waals surface area contributed by atoms with Gasteiger partial charge in [0.05, 0.1) is 12.2 Å². The zero-order valence-electron chi connectivity index (χ0n) is 11.0. The molecule has 2 nitrogen and oxygen atoms in total. The lowest BCUT2D eigenvalue weighted by molar-refractivity contribution is 0.0526. The van der Waals surface area contributed by atoms with Crippen molar-refractivity contribution >= 4 is 5.97 Å². The molecule has 0 heterocycles. The van der Waals surface area contributed by atoms with Gasteiger partial charge in [0.2, 0.25) is 0 Å². The Hall–Kier alpha value is -2.60. The molecule has 0 spiro atoms. The van der Waals surface area contributed by atoms with Crippen LogP contribution in [0.4, 0.5) is 4.39 Å². The van der Waals surface area contributed by atoms with Gasteiger partial charge < -0.3 is 4.74 Å². The van der Waals surface area contributed by atoms with E-state index in [4.69, 9.17) is 4.74 Å². The van der Waals surface area contributed by atoms with E-state index in [1.54, 1.807) is 43.3 Å². The topological polar surface area (TPSA) is 26.3 Å². The van der Waals surface area contributed by atoms with Crippen molar-refractivity contribution in [3.63, 3.8) is 0 Å². The quantitative estimate of drug-likeness (QED) is 0.616. The molecule has 0 radical (unpaired) electrons. The van der Waals surface area contributed by atoms with Crippen LogP contribution in [-0.2, 0) is 4.74 Å². The van der Waals surface area contributed by atoms with Crippen LogP contribution in [0.1, 0.15) is 28.4 Å². The summed E-state index contributed by atoms with van der Waals surface area (Å²) in [6.45, 7) is 2.07. The number of hydrogen-bond acceptors (Lipinski definition) is 2. The molecule has 0 amide bonds. The average molecular weight is 268 g/mol. The molecule has 0 aliphatic rings. The van der Waals surface area contributed by atoms with Crippen molar-refractivity contribution in [1.82, 2.24) is 0 Å². The largest absolute Gasteiger partial charge is 0.462 e. The summed E-state index contributed by atoms with van der Waals surface area (Å²) in [6.07, 6.45) is 0. The van der Waals surface area contributed by atoms with Gasteiger partial charge in [-0.1, -0.05) is 24.0 Å². The highest BCUT2D eigenvalue weighted by Crippen LogP contribution is 2.09. The van der Waals surface area contributed by atoms with Crippen LogP contribution in [-0.4, -0.2) is 12.6 Å². The van der Waals surface area contributed by atoms with Crippen molar-refractivity contribution in [2.75, 3.05) is 6.61 Å². The molecule has 2 aromatic carbocycles. The maximum atomic E-state index is 12.8. The fourth-order valence-electron chi connectivity index (χ4n) is 1.65. The molecule has 20 heavy (non-hydrogen) atoms. The minimum atomic E-state index is -0.392. The molecule has 0 bridgehead atoms. The van der Waals surface area contributed by atoms with Gasteiger partial charge >= 0.3 is 5.97 Å². The fourth-order valence-corrected chi connectivity index (χ4v) is 1.65. The average Bonchev–Trinajstić information content (AvgIpc) is 2.47. The van der Waals surface area contributed by atoms with Crippen LogP contribution in [0.2, 0.25) is 0 Å². The van der Waals surface area contributed by atoms with Crippen LogP contribution in [0.15, 0.2) is 48.5 Å². The first-order valence-corrected chi connectivity index (χ1v) is 6.24. The molecule has 0 saturated carbocycles. The second-order valence-electron chi connectivity index (χ2n) is 4.02. The molecular formula is C17H13FO2. The summed E-state index contributed by atoms with van der Waals surface area (Å²) < 4.78 is 17.8. The molecule has 0 aliphatic heterocycles. The SMILES string of the molecule is CCOC(=O)c1ccccc1C#Cc1ccc(F)cc1. The van der Waals surface area contributed by atoms with Gasteiger partial charge in [-0.3, -0.25) is 0 Å². The summed E-state index contributed by atoms with van der Waals surface area (Å²) in [5, 5.41) is 0. The molecule has 0 fully saturated rings. The van der Waals surface area contributed by atoms with E-state index < -0.39 is 5.97 Å². The molecule has 0 aromatic heterocycles. The second kappa shape index (κ2) is 6.53. The summed E-state index contributed by atoms with van der Waals surface area (Å²) >= 11 is 0. The Morgan fingerprint density at radius 1 is 1.10 bits per heavy atom. The van der Waals surface area contributed by atoms with Crippen molar-refractivity contribution in [2.45, 2.75) is 6.92 Å². The Morgan fingerprint density at radius 3 is 2.50 bits per heavy atom.